The summed E-state index contributed by atoms with van der Waals surface area (Å²) in [7, 11) is 0. The maximum Gasteiger partial charge on any atom is 0.412 e. The number of amides is 1. The Kier molecular flexibility index (Phi) is 4.28. The summed E-state index contributed by atoms with van der Waals surface area (Å²) in [6.07, 6.45) is 1.13. The SMILES string of the molecule is O=C(Nc1cnc2n(c1=O)[C@H](C(=O)O)CC2)OCc1ccccc1. The number of carboxylic acid groups (broad SMARTS) is 1. The van der Waals surface area contributed by atoms with E-state index in [-0.39, 0.29) is 12.3 Å². The molecule has 0 radical (unpaired) electrons. The number of carbonyl (C=O) groups excluding carboxylic acids is 1. The lowest BCUT2D eigenvalue weighted by atomic mass is 10.2. The quantitative estimate of drug-likeness (QED) is 0.881. The standard InChI is InChI=1S/C16H15N3O5/c20-14-11(8-17-13-7-6-12(15(21)22)19(13)14)18-16(23)24-9-10-4-2-1-3-5-10/h1-5,8,12H,6-7,9H2,(H,18,23)(H,21,22)/t12-/m0/s1. The highest BCUT2D eigenvalue weighted by Gasteiger charge is 2.31. The molecule has 0 aliphatic carbocycles. The van der Waals surface area contributed by atoms with Gasteiger partial charge < -0.3 is 9.84 Å². The van der Waals surface area contributed by atoms with Crippen LogP contribution >= 0.6 is 0 Å². The van der Waals surface area contributed by atoms with E-state index >= 15 is 0 Å². The van der Waals surface area contributed by atoms with Crippen LogP contribution in [0.2, 0.25) is 0 Å². The number of hydrogen-bond donors (Lipinski definition) is 2. The summed E-state index contributed by atoms with van der Waals surface area (Å²) in [6, 6.07) is 8.13. The summed E-state index contributed by atoms with van der Waals surface area (Å²) < 4.78 is 6.14. The third-order valence-corrected chi connectivity index (χ3v) is 3.76. The van der Waals surface area contributed by atoms with E-state index < -0.39 is 23.7 Å². The predicted molar refractivity (Wildman–Crippen MR) is 83.7 cm³/mol. The van der Waals surface area contributed by atoms with Crippen LogP contribution in [-0.2, 0) is 22.6 Å². The van der Waals surface area contributed by atoms with Gasteiger partial charge in [0.1, 0.15) is 24.2 Å². The van der Waals surface area contributed by atoms with Crippen molar-refractivity contribution in [2.75, 3.05) is 5.32 Å². The van der Waals surface area contributed by atoms with Crippen molar-refractivity contribution in [1.82, 2.24) is 9.55 Å². The molecular formula is C16H15N3O5. The summed E-state index contributed by atoms with van der Waals surface area (Å²) in [5.74, 6) is -0.697. The summed E-state index contributed by atoms with van der Waals surface area (Å²) >= 11 is 0. The maximum absolute atomic E-state index is 12.4. The fourth-order valence-electron chi connectivity index (χ4n) is 2.59. The Bertz CT molecular complexity index is 831. The molecule has 0 bridgehead atoms. The smallest absolute Gasteiger partial charge is 0.412 e. The monoisotopic (exact) mass is 329 g/mol. The first-order chi connectivity index (χ1) is 11.6. The van der Waals surface area contributed by atoms with E-state index in [9.17, 15) is 14.4 Å². The second kappa shape index (κ2) is 6.53. The van der Waals surface area contributed by atoms with E-state index in [1.54, 1.807) is 12.1 Å². The number of carbonyl (C=O) groups is 2. The number of benzene rings is 1. The van der Waals surface area contributed by atoms with Crippen LogP contribution in [0.5, 0.6) is 0 Å². The average Bonchev–Trinajstić information content (AvgIpc) is 3.02. The van der Waals surface area contributed by atoms with Crippen molar-refractivity contribution in [3.63, 3.8) is 0 Å². The topological polar surface area (TPSA) is 111 Å². The van der Waals surface area contributed by atoms with Crippen LogP contribution in [0.4, 0.5) is 10.5 Å². The largest absolute Gasteiger partial charge is 0.480 e. The molecule has 1 aliphatic heterocycles. The Morgan fingerprint density at radius 1 is 1.33 bits per heavy atom. The Morgan fingerprint density at radius 2 is 2.08 bits per heavy atom. The van der Waals surface area contributed by atoms with Crippen LogP contribution in [0, 0.1) is 0 Å². The van der Waals surface area contributed by atoms with E-state index in [1.165, 1.54) is 6.20 Å². The van der Waals surface area contributed by atoms with Crippen molar-refractivity contribution < 1.29 is 19.4 Å². The lowest BCUT2D eigenvalue weighted by molar-refractivity contribution is -0.140. The van der Waals surface area contributed by atoms with Crippen LogP contribution in [0.1, 0.15) is 23.9 Å². The first kappa shape index (κ1) is 15.7. The molecule has 2 heterocycles. The third-order valence-electron chi connectivity index (χ3n) is 3.76. The van der Waals surface area contributed by atoms with Crippen LogP contribution in [0.3, 0.4) is 0 Å². The van der Waals surface area contributed by atoms with Crippen molar-refractivity contribution in [3.05, 3.63) is 58.3 Å². The lowest BCUT2D eigenvalue weighted by Gasteiger charge is -2.11. The fraction of sp³-hybridized carbons (Fsp3) is 0.250. The number of aromatic nitrogens is 2. The zero-order chi connectivity index (χ0) is 17.1. The Balaban J connectivity index is 1.72. The molecular weight excluding hydrogens is 314 g/mol. The molecule has 1 atom stereocenters. The van der Waals surface area contributed by atoms with Crippen molar-refractivity contribution in [2.24, 2.45) is 0 Å². The number of nitrogens with one attached hydrogen (secondary N) is 1. The molecule has 124 valence electrons. The molecule has 2 aromatic rings. The molecule has 1 amide bonds. The van der Waals surface area contributed by atoms with Gasteiger partial charge >= 0.3 is 12.1 Å². The van der Waals surface area contributed by atoms with Crippen molar-refractivity contribution in [3.8, 4) is 0 Å². The van der Waals surface area contributed by atoms with Gasteiger partial charge in [0.15, 0.2) is 0 Å². The van der Waals surface area contributed by atoms with E-state index in [2.05, 4.69) is 10.3 Å². The number of hydrogen-bond acceptors (Lipinski definition) is 5. The molecule has 0 spiro atoms. The second-order valence-corrected chi connectivity index (χ2v) is 5.34. The molecule has 1 aliphatic rings. The zero-order valence-corrected chi connectivity index (χ0v) is 12.6. The van der Waals surface area contributed by atoms with Gasteiger partial charge in [-0.2, -0.15) is 0 Å². The Hall–Kier alpha value is -3.16. The van der Waals surface area contributed by atoms with Gasteiger partial charge in [-0.1, -0.05) is 30.3 Å². The van der Waals surface area contributed by atoms with Gasteiger partial charge in [-0.3, -0.25) is 14.7 Å². The van der Waals surface area contributed by atoms with Gasteiger partial charge in [0, 0.05) is 6.42 Å². The van der Waals surface area contributed by atoms with Gasteiger partial charge in [-0.05, 0) is 12.0 Å². The number of ether oxygens (including phenoxy) is 1. The molecule has 0 unspecified atom stereocenters. The number of fused-ring (bicyclic) bond motifs is 1. The molecule has 0 saturated heterocycles. The molecule has 1 aromatic heterocycles. The average molecular weight is 329 g/mol. The minimum Gasteiger partial charge on any atom is -0.480 e. The molecule has 8 heteroatoms. The van der Waals surface area contributed by atoms with Crippen molar-refractivity contribution in [2.45, 2.75) is 25.5 Å². The number of carboxylic acids is 1. The first-order valence-electron chi connectivity index (χ1n) is 7.37. The highest BCUT2D eigenvalue weighted by Crippen LogP contribution is 2.22. The number of nitrogens with zero attached hydrogens (tertiary/aromatic N) is 2. The van der Waals surface area contributed by atoms with Gasteiger partial charge in [0.05, 0.1) is 6.20 Å². The minimum atomic E-state index is -1.10. The molecule has 24 heavy (non-hydrogen) atoms. The summed E-state index contributed by atoms with van der Waals surface area (Å²) in [5.41, 5.74) is 0.105. The highest BCUT2D eigenvalue weighted by molar-refractivity contribution is 5.84. The normalized spacial score (nSPS) is 15.6. The van der Waals surface area contributed by atoms with Gasteiger partial charge in [-0.15, -0.1) is 0 Å². The third kappa shape index (κ3) is 3.12. The molecule has 3 rings (SSSR count). The number of aryl methyl sites for hydroxylation is 1. The van der Waals surface area contributed by atoms with Crippen LogP contribution in [0.15, 0.2) is 41.3 Å². The summed E-state index contributed by atoms with van der Waals surface area (Å²) in [4.78, 5) is 39.5. The molecule has 0 saturated carbocycles. The predicted octanol–water partition coefficient (Wildman–Crippen LogP) is 1.56. The van der Waals surface area contributed by atoms with E-state index in [0.29, 0.717) is 18.7 Å². The molecule has 1 aromatic carbocycles. The highest BCUT2D eigenvalue weighted by atomic mass is 16.5. The first-order valence-corrected chi connectivity index (χ1v) is 7.37. The van der Waals surface area contributed by atoms with Gasteiger partial charge in [0.2, 0.25) is 0 Å². The van der Waals surface area contributed by atoms with E-state index in [0.717, 1.165) is 10.1 Å². The number of rotatable bonds is 4. The Labute approximate surface area is 136 Å². The fourth-order valence-corrected chi connectivity index (χ4v) is 2.59. The molecule has 0 fully saturated rings. The van der Waals surface area contributed by atoms with Crippen LogP contribution in [0.25, 0.3) is 0 Å². The van der Waals surface area contributed by atoms with Crippen molar-refractivity contribution in [1.29, 1.82) is 0 Å². The maximum atomic E-state index is 12.4. The number of aliphatic carboxylic acids is 1. The summed E-state index contributed by atoms with van der Waals surface area (Å²) in [5, 5.41) is 11.5. The zero-order valence-electron chi connectivity index (χ0n) is 12.6. The summed E-state index contributed by atoms with van der Waals surface area (Å²) in [6.45, 7) is 0.0596. The Morgan fingerprint density at radius 3 is 2.79 bits per heavy atom. The minimum absolute atomic E-state index is 0.0596. The van der Waals surface area contributed by atoms with Gasteiger partial charge in [-0.25, -0.2) is 14.6 Å². The number of anilines is 1. The van der Waals surface area contributed by atoms with Crippen LogP contribution < -0.4 is 10.9 Å². The van der Waals surface area contributed by atoms with E-state index in [1.807, 2.05) is 18.2 Å². The van der Waals surface area contributed by atoms with Crippen LogP contribution in [-0.4, -0.2) is 26.7 Å². The molecule has 8 nitrogen and oxygen atoms in total. The second-order valence-electron chi connectivity index (χ2n) is 5.34. The lowest BCUT2D eigenvalue weighted by Crippen LogP contribution is -2.31. The van der Waals surface area contributed by atoms with E-state index in [4.69, 9.17) is 9.84 Å². The van der Waals surface area contributed by atoms with Crippen molar-refractivity contribution >= 4 is 17.7 Å². The molecule has 2 N–H and O–H groups in total. The van der Waals surface area contributed by atoms with Gasteiger partial charge in [0.25, 0.3) is 5.56 Å².